The van der Waals surface area contributed by atoms with Crippen molar-refractivity contribution in [1.29, 1.82) is 0 Å². The van der Waals surface area contributed by atoms with E-state index in [9.17, 15) is 14.4 Å². The summed E-state index contributed by atoms with van der Waals surface area (Å²) < 4.78 is 6.39. The van der Waals surface area contributed by atoms with E-state index < -0.39 is 11.8 Å². The second-order valence-electron chi connectivity index (χ2n) is 7.72. The molecule has 1 aromatic heterocycles. The number of nitrogens with zero attached hydrogens (tertiary/aromatic N) is 4. The number of benzene rings is 1. The van der Waals surface area contributed by atoms with Crippen LogP contribution in [0.2, 0.25) is 0 Å². The number of ether oxygens (including phenoxy) is 1. The Labute approximate surface area is 184 Å². The number of nitrogens with one attached hydrogen (secondary N) is 2. The van der Waals surface area contributed by atoms with Crippen molar-refractivity contribution in [2.24, 2.45) is 15.9 Å². The molecule has 2 aromatic rings. The number of anilines is 1. The number of aromatic nitrogens is 2. The molecule has 3 amide bonds. The monoisotopic (exact) mass is 436 g/mol. The van der Waals surface area contributed by atoms with Gasteiger partial charge in [-0.15, -0.1) is 0 Å². The average Bonchev–Trinajstić information content (AvgIpc) is 3.17. The first kappa shape index (κ1) is 21.4. The molecule has 1 saturated carbocycles. The normalized spacial score (nSPS) is 17.7. The van der Waals surface area contributed by atoms with Crippen molar-refractivity contribution < 1.29 is 19.1 Å². The lowest BCUT2D eigenvalue weighted by Crippen LogP contribution is -2.36. The van der Waals surface area contributed by atoms with Crippen molar-refractivity contribution in [3.63, 3.8) is 0 Å². The summed E-state index contributed by atoms with van der Waals surface area (Å²) in [5.41, 5.74) is 2.20. The number of aliphatic imine (C=N–C) groups is 2. The highest BCUT2D eigenvalue weighted by molar-refractivity contribution is 6.39. The summed E-state index contributed by atoms with van der Waals surface area (Å²) in [6.07, 6.45) is 3.45. The maximum atomic E-state index is 12.5. The first-order valence-electron chi connectivity index (χ1n) is 10.4. The third-order valence-corrected chi connectivity index (χ3v) is 5.41. The molecule has 32 heavy (non-hydrogen) atoms. The largest absolute Gasteiger partial charge is 0.497 e. The highest BCUT2D eigenvalue weighted by Gasteiger charge is 2.32. The average molecular weight is 436 g/mol. The van der Waals surface area contributed by atoms with Crippen molar-refractivity contribution in [3.05, 3.63) is 41.6 Å². The molecule has 2 heterocycles. The van der Waals surface area contributed by atoms with Crippen molar-refractivity contribution >= 4 is 35.2 Å². The minimum Gasteiger partial charge on any atom is -0.497 e. The van der Waals surface area contributed by atoms with Gasteiger partial charge in [0, 0.05) is 18.3 Å². The quantitative estimate of drug-likeness (QED) is 0.707. The standard InChI is InChI=1S/C22H24N6O4/c1-13-11-18(25-21(31)20(30)23-12-14-7-9-15(32-2)10-8-14)28(27-13)22-24-17-6-4-3-5-16(17)19(29)26-22/h7-11,16H,3-6,12H2,1-2H3,(H,23,30)(H,25,31). The molecule has 0 spiro atoms. The summed E-state index contributed by atoms with van der Waals surface area (Å²) in [5.74, 6) is -1.13. The molecule has 1 unspecified atom stereocenters. The maximum absolute atomic E-state index is 12.5. The fraction of sp³-hybridized carbons (Fsp3) is 0.364. The van der Waals surface area contributed by atoms with Crippen molar-refractivity contribution in [3.8, 4) is 5.75 Å². The van der Waals surface area contributed by atoms with Gasteiger partial charge in [0.15, 0.2) is 0 Å². The smallest absolute Gasteiger partial charge is 0.314 e. The fourth-order valence-corrected chi connectivity index (χ4v) is 3.74. The number of aryl methyl sites for hydroxylation is 1. The molecule has 1 aliphatic carbocycles. The molecular formula is C22H24N6O4. The topological polar surface area (TPSA) is 127 Å². The van der Waals surface area contributed by atoms with Gasteiger partial charge in [-0.25, -0.2) is 4.99 Å². The molecule has 2 aliphatic rings. The number of hydrogen-bond donors (Lipinski definition) is 2. The zero-order valence-corrected chi connectivity index (χ0v) is 17.9. The Morgan fingerprint density at radius 2 is 1.94 bits per heavy atom. The molecule has 2 N–H and O–H groups in total. The van der Waals surface area contributed by atoms with E-state index >= 15 is 0 Å². The summed E-state index contributed by atoms with van der Waals surface area (Å²) in [4.78, 5) is 45.8. The summed E-state index contributed by atoms with van der Waals surface area (Å²) in [7, 11) is 1.57. The molecule has 1 fully saturated rings. The number of hydrogen-bond acceptors (Lipinski definition) is 6. The zero-order valence-electron chi connectivity index (χ0n) is 17.9. The Balaban J connectivity index is 1.44. The van der Waals surface area contributed by atoms with Crippen LogP contribution in [-0.4, -0.2) is 46.3 Å². The fourth-order valence-electron chi connectivity index (χ4n) is 3.74. The number of rotatable bonds is 4. The SMILES string of the molecule is COc1ccc(CNC(=O)C(=O)Nc2cc(C)nn2C2=NC(=O)C3CCCCC3=N2)cc1. The van der Waals surface area contributed by atoms with Gasteiger partial charge in [-0.2, -0.15) is 14.8 Å². The third-order valence-electron chi connectivity index (χ3n) is 5.41. The first-order chi connectivity index (χ1) is 15.4. The van der Waals surface area contributed by atoms with Gasteiger partial charge in [0.05, 0.1) is 18.7 Å². The Bertz CT molecular complexity index is 1120. The van der Waals surface area contributed by atoms with E-state index in [1.165, 1.54) is 4.68 Å². The molecular weight excluding hydrogens is 412 g/mol. The molecule has 4 rings (SSSR count). The number of carbonyl (C=O) groups is 3. The van der Waals surface area contributed by atoms with Gasteiger partial charge in [0.1, 0.15) is 11.6 Å². The molecule has 10 nitrogen and oxygen atoms in total. The van der Waals surface area contributed by atoms with Crippen LogP contribution in [0.4, 0.5) is 5.82 Å². The van der Waals surface area contributed by atoms with E-state index in [-0.39, 0.29) is 30.1 Å². The molecule has 0 bridgehead atoms. The molecule has 1 atom stereocenters. The molecule has 0 radical (unpaired) electrons. The van der Waals surface area contributed by atoms with Gasteiger partial charge in [0.2, 0.25) is 0 Å². The molecule has 0 saturated heterocycles. The maximum Gasteiger partial charge on any atom is 0.314 e. The van der Waals surface area contributed by atoms with Gasteiger partial charge >= 0.3 is 11.8 Å². The first-order valence-corrected chi connectivity index (χ1v) is 10.4. The Morgan fingerprint density at radius 1 is 1.16 bits per heavy atom. The number of methoxy groups -OCH3 is 1. The predicted octanol–water partition coefficient (Wildman–Crippen LogP) is 1.83. The van der Waals surface area contributed by atoms with Crippen LogP contribution >= 0.6 is 0 Å². The van der Waals surface area contributed by atoms with E-state index in [1.54, 1.807) is 44.4 Å². The lowest BCUT2D eigenvalue weighted by molar-refractivity contribution is -0.136. The minimum absolute atomic E-state index is 0.102. The van der Waals surface area contributed by atoms with Crippen LogP contribution in [0.25, 0.3) is 0 Å². The van der Waals surface area contributed by atoms with Crippen molar-refractivity contribution in [2.75, 3.05) is 12.4 Å². The Kier molecular flexibility index (Phi) is 6.11. The van der Waals surface area contributed by atoms with E-state index in [0.29, 0.717) is 11.4 Å². The summed E-state index contributed by atoms with van der Waals surface area (Å²) in [6.45, 7) is 1.92. The molecule has 1 aliphatic heterocycles. The molecule has 1 aromatic carbocycles. The Hall–Kier alpha value is -3.82. The number of carbonyl (C=O) groups excluding carboxylic acids is 3. The lowest BCUT2D eigenvalue weighted by Gasteiger charge is -2.24. The van der Waals surface area contributed by atoms with E-state index in [2.05, 4.69) is 25.7 Å². The van der Waals surface area contributed by atoms with Gasteiger partial charge in [-0.3, -0.25) is 14.4 Å². The second kappa shape index (κ2) is 9.13. The van der Waals surface area contributed by atoms with Crippen LogP contribution in [0.1, 0.15) is 36.9 Å². The summed E-state index contributed by atoms with van der Waals surface area (Å²) in [5, 5.41) is 9.41. The van der Waals surface area contributed by atoms with E-state index in [0.717, 1.165) is 37.0 Å². The lowest BCUT2D eigenvalue weighted by atomic mass is 9.86. The predicted molar refractivity (Wildman–Crippen MR) is 118 cm³/mol. The van der Waals surface area contributed by atoms with Crippen LogP contribution in [0.3, 0.4) is 0 Å². The second-order valence-corrected chi connectivity index (χ2v) is 7.72. The van der Waals surface area contributed by atoms with E-state index in [4.69, 9.17) is 4.74 Å². The summed E-state index contributed by atoms with van der Waals surface area (Å²) >= 11 is 0. The van der Waals surface area contributed by atoms with Gasteiger partial charge in [0.25, 0.3) is 11.9 Å². The summed E-state index contributed by atoms with van der Waals surface area (Å²) in [6, 6.07) is 8.73. The van der Waals surface area contributed by atoms with Crippen molar-refractivity contribution in [2.45, 2.75) is 39.2 Å². The number of amides is 3. The third kappa shape index (κ3) is 4.58. The Morgan fingerprint density at radius 3 is 2.69 bits per heavy atom. The van der Waals surface area contributed by atoms with Crippen LogP contribution in [0.5, 0.6) is 5.75 Å². The molecule has 10 heteroatoms. The molecule has 166 valence electrons. The number of fused-ring (bicyclic) bond motifs is 1. The minimum atomic E-state index is -0.856. The van der Waals surface area contributed by atoms with Gasteiger partial charge < -0.3 is 15.4 Å². The van der Waals surface area contributed by atoms with Gasteiger partial charge in [-0.05, 0) is 43.9 Å². The van der Waals surface area contributed by atoms with Crippen molar-refractivity contribution in [1.82, 2.24) is 15.1 Å². The van der Waals surface area contributed by atoms with Crippen LogP contribution in [0, 0.1) is 12.8 Å². The highest BCUT2D eigenvalue weighted by atomic mass is 16.5. The zero-order chi connectivity index (χ0) is 22.7. The van der Waals surface area contributed by atoms with E-state index in [1.807, 2.05) is 0 Å². The van der Waals surface area contributed by atoms with Crippen LogP contribution in [0.15, 0.2) is 40.3 Å². The van der Waals surface area contributed by atoms with Crippen LogP contribution < -0.4 is 15.4 Å². The highest BCUT2D eigenvalue weighted by Crippen LogP contribution is 2.26. The van der Waals surface area contributed by atoms with Crippen LogP contribution in [-0.2, 0) is 20.9 Å². The van der Waals surface area contributed by atoms with Gasteiger partial charge in [-0.1, -0.05) is 18.6 Å².